The SMILES string of the molecule is CN(C(=O)c1cccc(C#CCO)c1)C1CCCC1. The third-order valence-corrected chi connectivity index (χ3v) is 3.61. The minimum atomic E-state index is -0.167. The smallest absolute Gasteiger partial charge is 0.253 e. The molecular formula is C16H19NO2. The van der Waals surface area contributed by atoms with Crippen molar-refractivity contribution in [1.82, 2.24) is 4.90 Å². The number of amides is 1. The molecule has 1 aliphatic carbocycles. The second-order valence-electron chi connectivity index (χ2n) is 4.90. The molecule has 3 nitrogen and oxygen atoms in total. The maximum absolute atomic E-state index is 12.4. The lowest BCUT2D eigenvalue weighted by molar-refractivity contribution is 0.0735. The summed E-state index contributed by atoms with van der Waals surface area (Å²) in [5.41, 5.74) is 1.43. The van der Waals surface area contributed by atoms with E-state index in [9.17, 15) is 4.79 Å². The van der Waals surface area contributed by atoms with Crippen molar-refractivity contribution in [3.8, 4) is 11.8 Å². The van der Waals surface area contributed by atoms with Gasteiger partial charge in [0, 0.05) is 24.2 Å². The van der Waals surface area contributed by atoms with Gasteiger partial charge in [0.25, 0.3) is 5.91 Å². The largest absolute Gasteiger partial charge is 0.384 e. The van der Waals surface area contributed by atoms with Crippen LogP contribution in [-0.4, -0.2) is 35.6 Å². The van der Waals surface area contributed by atoms with E-state index in [1.54, 1.807) is 6.07 Å². The zero-order valence-corrected chi connectivity index (χ0v) is 11.2. The molecule has 2 rings (SSSR count). The van der Waals surface area contributed by atoms with E-state index in [-0.39, 0.29) is 12.5 Å². The molecular weight excluding hydrogens is 238 g/mol. The van der Waals surface area contributed by atoms with Crippen LogP contribution < -0.4 is 0 Å². The lowest BCUT2D eigenvalue weighted by Gasteiger charge is -2.24. The fourth-order valence-corrected chi connectivity index (χ4v) is 2.53. The maximum Gasteiger partial charge on any atom is 0.253 e. The summed E-state index contributed by atoms with van der Waals surface area (Å²) in [6.07, 6.45) is 4.63. The summed E-state index contributed by atoms with van der Waals surface area (Å²) < 4.78 is 0. The first-order valence-corrected chi connectivity index (χ1v) is 6.69. The topological polar surface area (TPSA) is 40.5 Å². The number of rotatable bonds is 2. The van der Waals surface area contributed by atoms with Crippen LogP contribution in [0.25, 0.3) is 0 Å². The van der Waals surface area contributed by atoms with Gasteiger partial charge in [0.05, 0.1) is 0 Å². The van der Waals surface area contributed by atoms with Crippen LogP contribution in [0.15, 0.2) is 24.3 Å². The molecule has 19 heavy (non-hydrogen) atoms. The molecule has 0 aromatic heterocycles. The zero-order valence-electron chi connectivity index (χ0n) is 11.2. The average Bonchev–Trinajstić information content (AvgIpc) is 2.98. The molecule has 1 saturated carbocycles. The standard InChI is InChI=1S/C16H19NO2/c1-17(15-9-2-3-10-15)16(19)14-8-4-6-13(12-14)7-5-11-18/h4,6,8,12,15,18H,2-3,9-11H2,1H3. The van der Waals surface area contributed by atoms with Crippen LogP contribution >= 0.6 is 0 Å². The van der Waals surface area contributed by atoms with Crippen molar-refractivity contribution in [2.75, 3.05) is 13.7 Å². The average molecular weight is 257 g/mol. The van der Waals surface area contributed by atoms with Gasteiger partial charge in [-0.15, -0.1) is 0 Å². The Morgan fingerprint density at radius 2 is 2.16 bits per heavy atom. The second kappa shape index (κ2) is 6.40. The molecule has 0 aliphatic heterocycles. The van der Waals surface area contributed by atoms with Crippen LogP contribution in [0, 0.1) is 11.8 Å². The molecule has 1 aromatic carbocycles. The molecule has 1 aromatic rings. The van der Waals surface area contributed by atoms with Gasteiger partial charge in [-0.25, -0.2) is 0 Å². The van der Waals surface area contributed by atoms with Crippen molar-refractivity contribution in [2.24, 2.45) is 0 Å². The Labute approximate surface area is 114 Å². The highest BCUT2D eigenvalue weighted by atomic mass is 16.2. The molecule has 0 radical (unpaired) electrons. The van der Waals surface area contributed by atoms with Gasteiger partial charge in [-0.3, -0.25) is 4.79 Å². The van der Waals surface area contributed by atoms with Crippen LogP contribution in [0.5, 0.6) is 0 Å². The Morgan fingerprint density at radius 1 is 1.42 bits per heavy atom. The van der Waals surface area contributed by atoms with Gasteiger partial charge in [0.15, 0.2) is 0 Å². The van der Waals surface area contributed by atoms with Crippen LogP contribution in [0.2, 0.25) is 0 Å². The molecule has 0 heterocycles. The van der Waals surface area contributed by atoms with Crippen LogP contribution in [0.4, 0.5) is 0 Å². The number of carbonyl (C=O) groups is 1. The van der Waals surface area contributed by atoms with E-state index in [0.717, 1.165) is 18.4 Å². The Hall–Kier alpha value is -1.79. The van der Waals surface area contributed by atoms with Crippen LogP contribution in [0.1, 0.15) is 41.6 Å². The zero-order chi connectivity index (χ0) is 13.7. The first-order valence-electron chi connectivity index (χ1n) is 6.69. The lowest BCUT2D eigenvalue weighted by atomic mass is 10.1. The molecule has 1 N–H and O–H groups in total. The van der Waals surface area contributed by atoms with E-state index in [1.165, 1.54) is 12.8 Å². The summed E-state index contributed by atoms with van der Waals surface area (Å²) in [4.78, 5) is 14.2. The fraction of sp³-hybridized carbons (Fsp3) is 0.438. The van der Waals surface area contributed by atoms with E-state index in [2.05, 4.69) is 11.8 Å². The highest BCUT2D eigenvalue weighted by molar-refractivity contribution is 5.94. The normalized spacial score (nSPS) is 14.8. The molecule has 1 amide bonds. The molecule has 100 valence electrons. The van der Waals surface area contributed by atoms with Gasteiger partial charge >= 0.3 is 0 Å². The number of hydrogen-bond acceptors (Lipinski definition) is 2. The van der Waals surface area contributed by atoms with Gasteiger partial charge < -0.3 is 10.0 Å². The predicted molar refractivity (Wildman–Crippen MR) is 74.8 cm³/mol. The van der Waals surface area contributed by atoms with E-state index in [4.69, 9.17) is 5.11 Å². The van der Waals surface area contributed by atoms with Gasteiger partial charge in [0.1, 0.15) is 6.61 Å². The van der Waals surface area contributed by atoms with Crippen molar-refractivity contribution in [1.29, 1.82) is 0 Å². The summed E-state index contributed by atoms with van der Waals surface area (Å²) >= 11 is 0. The maximum atomic E-state index is 12.4. The minimum absolute atomic E-state index is 0.0551. The lowest BCUT2D eigenvalue weighted by Crippen LogP contribution is -2.35. The molecule has 0 unspecified atom stereocenters. The van der Waals surface area contributed by atoms with Crippen molar-refractivity contribution >= 4 is 5.91 Å². The molecule has 0 atom stereocenters. The molecule has 1 aliphatic rings. The molecule has 0 spiro atoms. The third-order valence-electron chi connectivity index (χ3n) is 3.61. The third kappa shape index (κ3) is 3.36. The first-order chi connectivity index (χ1) is 9.22. The van der Waals surface area contributed by atoms with Gasteiger partial charge in [0.2, 0.25) is 0 Å². The van der Waals surface area contributed by atoms with Crippen LogP contribution in [0.3, 0.4) is 0 Å². The summed E-state index contributed by atoms with van der Waals surface area (Å²) in [5, 5.41) is 8.69. The van der Waals surface area contributed by atoms with Gasteiger partial charge in [-0.1, -0.05) is 30.7 Å². The van der Waals surface area contributed by atoms with E-state index < -0.39 is 0 Å². The quantitative estimate of drug-likeness (QED) is 0.824. The van der Waals surface area contributed by atoms with Crippen LogP contribution in [-0.2, 0) is 0 Å². The Balaban J connectivity index is 2.14. The highest BCUT2D eigenvalue weighted by Gasteiger charge is 2.24. The Bertz CT molecular complexity index is 507. The van der Waals surface area contributed by atoms with Crippen molar-refractivity contribution < 1.29 is 9.90 Å². The van der Waals surface area contributed by atoms with Crippen molar-refractivity contribution in [3.05, 3.63) is 35.4 Å². The van der Waals surface area contributed by atoms with E-state index in [0.29, 0.717) is 11.6 Å². The Kier molecular flexibility index (Phi) is 4.59. The molecule has 0 bridgehead atoms. The monoisotopic (exact) mass is 257 g/mol. The first kappa shape index (κ1) is 13.6. The number of aliphatic hydroxyl groups is 1. The molecule has 3 heteroatoms. The predicted octanol–water partition coefficient (Wildman–Crippen LogP) is 2.04. The van der Waals surface area contributed by atoms with E-state index >= 15 is 0 Å². The second-order valence-corrected chi connectivity index (χ2v) is 4.90. The highest BCUT2D eigenvalue weighted by Crippen LogP contribution is 2.23. The van der Waals surface area contributed by atoms with Gasteiger partial charge in [-0.2, -0.15) is 0 Å². The summed E-state index contributed by atoms with van der Waals surface area (Å²) in [6, 6.07) is 7.65. The number of hydrogen-bond donors (Lipinski definition) is 1. The summed E-state index contributed by atoms with van der Waals surface area (Å²) in [6.45, 7) is -0.167. The van der Waals surface area contributed by atoms with Gasteiger partial charge in [-0.05, 0) is 31.0 Å². The molecule has 0 saturated heterocycles. The fourth-order valence-electron chi connectivity index (χ4n) is 2.53. The number of benzene rings is 1. The van der Waals surface area contributed by atoms with Crippen molar-refractivity contribution in [2.45, 2.75) is 31.7 Å². The summed E-state index contributed by atoms with van der Waals surface area (Å²) in [5.74, 6) is 5.48. The minimum Gasteiger partial charge on any atom is -0.384 e. The number of nitrogens with zero attached hydrogens (tertiary/aromatic N) is 1. The molecule has 1 fully saturated rings. The van der Waals surface area contributed by atoms with Crippen molar-refractivity contribution in [3.63, 3.8) is 0 Å². The number of aliphatic hydroxyl groups excluding tert-OH is 1. The summed E-state index contributed by atoms with van der Waals surface area (Å²) in [7, 11) is 1.88. The Morgan fingerprint density at radius 3 is 2.84 bits per heavy atom. The number of carbonyl (C=O) groups excluding carboxylic acids is 1. The van der Waals surface area contributed by atoms with E-state index in [1.807, 2.05) is 30.1 Å².